The lowest BCUT2D eigenvalue weighted by atomic mass is 10.0. The summed E-state index contributed by atoms with van der Waals surface area (Å²) in [6.07, 6.45) is 0. The van der Waals surface area contributed by atoms with Crippen molar-refractivity contribution in [2.45, 2.75) is 4.90 Å². The van der Waals surface area contributed by atoms with Crippen molar-refractivity contribution in [1.29, 1.82) is 0 Å². The van der Waals surface area contributed by atoms with Gasteiger partial charge in [0.1, 0.15) is 0 Å². The number of hydrogen-bond donors (Lipinski definition) is 1. The number of methoxy groups -OCH3 is 2. The number of sulfonamides is 1. The first-order valence-corrected chi connectivity index (χ1v) is 9.53. The summed E-state index contributed by atoms with van der Waals surface area (Å²) < 4.78 is 52.3. The summed E-state index contributed by atoms with van der Waals surface area (Å²) in [7, 11) is -1.06. The second-order valence-electron chi connectivity index (χ2n) is 5.66. The molecule has 0 heterocycles. The van der Waals surface area contributed by atoms with Crippen LogP contribution in [0.4, 0.5) is 10.1 Å². The molecule has 3 aromatic carbocycles. The number of rotatable bonds is 6. The van der Waals surface area contributed by atoms with Gasteiger partial charge in [-0.05, 0) is 35.9 Å². The van der Waals surface area contributed by atoms with Crippen molar-refractivity contribution in [1.82, 2.24) is 0 Å². The molecule has 0 amide bonds. The highest BCUT2D eigenvalue weighted by Gasteiger charge is 2.18. The van der Waals surface area contributed by atoms with Gasteiger partial charge in [0, 0.05) is 5.56 Å². The lowest BCUT2D eigenvalue weighted by Gasteiger charge is -2.15. The first-order chi connectivity index (χ1) is 13.0. The van der Waals surface area contributed by atoms with Gasteiger partial charge in [-0.25, -0.2) is 8.42 Å². The van der Waals surface area contributed by atoms with Gasteiger partial charge in [0.05, 0.1) is 24.8 Å². The Labute approximate surface area is 157 Å². The van der Waals surface area contributed by atoms with Gasteiger partial charge in [0.2, 0.25) is 5.82 Å². The first-order valence-electron chi connectivity index (χ1n) is 8.05. The molecule has 3 aromatic rings. The lowest BCUT2D eigenvalue weighted by Crippen LogP contribution is -2.13. The third kappa shape index (κ3) is 3.88. The molecule has 0 radical (unpaired) electrons. The van der Waals surface area contributed by atoms with Crippen LogP contribution < -0.4 is 14.2 Å². The zero-order chi connectivity index (χ0) is 19.4. The summed E-state index contributed by atoms with van der Waals surface area (Å²) in [5.41, 5.74) is 1.47. The van der Waals surface area contributed by atoms with Crippen molar-refractivity contribution in [3.63, 3.8) is 0 Å². The molecular weight excluding hydrogens is 369 g/mol. The van der Waals surface area contributed by atoms with E-state index in [0.717, 1.165) is 0 Å². The summed E-state index contributed by atoms with van der Waals surface area (Å²) >= 11 is 0. The van der Waals surface area contributed by atoms with Gasteiger partial charge in [-0.2, -0.15) is 4.39 Å². The van der Waals surface area contributed by atoms with Crippen molar-refractivity contribution < 1.29 is 22.3 Å². The normalized spacial score (nSPS) is 11.1. The van der Waals surface area contributed by atoms with Gasteiger partial charge >= 0.3 is 0 Å². The zero-order valence-corrected chi connectivity index (χ0v) is 15.6. The van der Waals surface area contributed by atoms with Gasteiger partial charge in [-0.3, -0.25) is 4.72 Å². The van der Waals surface area contributed by atoms with E-state index in [4.69, 9.17) is 9.47 Å². The number of hydrogen-bond acceptors (Lipinski definition) is 4. The third-order valence-electron chi connectivity index (χ3n) is 3.98. The quantitative estimate of drug-likeness (QED) is 0.685. The molecular formula is C20H18FNO4S. The van der Waals surface area contributed by atoms with Crippen LogP contribution in [0, 0.1) is 5.82 Å². The monoisotopic (exact) mass is 387 g/mol. The van der Waals surface area contributed by atoms with E-state index in [-0.39, 0.29) is 16.4 Å². The molecule has 0 spiro atoms. The number of benzene rings is 3. The van der Waals surface area contributed by atoms with E-state index in [9.17, 15) is 12.8 Å². The standard InChI is InChI=1S/C20H18FNO4S/c1-25-18-12-14(13-19(26-2)20(18)21)16-10-6-7-11-17(16)22-27(23,24)15-8-4-3-5-9-15/h3-13,22H,1-2H3. The van der Waals surface area contributed by atoms with Crippen molar-refractivity contribution >= 4 is 15.7 Å². The molecule has 0 bridgehead atoms. The van der Waals surface area contributed by atoms with E-state index in [2.05, 4.69) is 4.72 Å². The molecule has 140 valence electrons. The molecule has 0 saturated heterocycles. The van der Waals surface area contributed by atoms with Crippen LogP contribution in [0.3, 0.4) is 0 Å². The minimum atomic E-state index is -3.77. The zero-order valence-electron chi connectivity index (χ0n) is 14.8. The number of ether oxygens (including phenoxy) is 2. The van der Waals surface area contributed by atoms with Gasteiger partial charge in [-0.1, -0.05) is 36.4 Å². The molecule has 0 fully saturated rings. The van der Waals surface area contributed by atoms with Gasteiger partial charge < -0.3 is 9.47 Å². The minimum Gasteiger partial charge on any atom is -0.494 e. The Morgan fingerprint density at radius 1 is 0.852 bits per heavy atom. The highest BCUT2D eigenvalue weighted by molar-refractivity contribution is 7.92. The molecule has 0 aliphatic heterocycles. The van der Waals surface area contributed by atoms with E-state index in [1.807, 2.05) is 0 Å². The molecule has 0 aromatic heterocycles. The number of nitrogens with one attached hydrogen (secondary N) is 1. The maximum absolute atomic E-state index is 14.2. The second-order valence-corrected chi connectivity index (χ2v) is 7.34. The van der Waals surface area contributed by atoms with Gasteiger partial charge in [0.15, 0.2) is 11.5 Å². The fourth-order valence-electron chi connectivity index (χ4n) is 2.65. The fraction of sp³-hybridized carbons (Fsp3) is 0.100. The lowest BCUT2D eigenvalue weighted by molar-refractivity contribution is 0.351. The Morgan fingerprint density at radius 2 is 1.41 bits per heavy atom. The van der Waals surface area contributed by atoms with Crippen LogP contribution in [0.25, 0.3) is 11.1 Å². The number of para-hydroxylation sites is 1. The van der Waals surface area contributed by atoms with Gasteiger partial charge in [-0.15, -0.1) is 0 Å². The summed E-state index contributed by atoms with van der Waals surface area (Å²) in [4.78, 5) is 0.147. The molecule has 0 atom stereocenters. The Hall–Kier alpha value is -3.06. The Balaban J connectivity index is 2.08. The van der Waals surface area contributed by atoms with E-state index < -0.39 is 15.8 Å². The van der Waals surface area contributed by atoms with Crippen molar-refractivity contribution in [2.24, 2.45) is 0 Å². The molecule has 0 saturated carbocycles. The Bertz CT molecular complexity index is 1030. The van der Waals surface area contributed by atoms with Crippen LogP contribution in [0.5, 0.6) is 11.5 Å². The fourth-order valence-corrected chi connectivity index (χ4v) is 3.75. The van der Waals surface area contributed by atoms with E-state index in [0.29, 0.717) is 16.8 Å². The van der Waals surface area contributed by atoms with Crippen LogP contribution in [-0.2, 0) is 10.0 Å². The largest absolute Gasteiger partial charge is 0.494 e. The molecule has 1 N–H and O–H groups in total. The second kappa shape index (κ2) is 7.67. The third-order valence-corrected chi connectivity index (χ3v) is 5.36. The predicted octanol–water partition coefficient (Wildman–Crippen LogP) is 4.31. The van der Waals surface area contributed by atoms with Crippen LogP contribution in [-0.4, -0.2) is 22.6 Å². The van der Waals surface area contributed by atoms with Gasteiger partial charge in [0.25, 0.3) is 10.0 Å². The predicted molar refractivity (Wildman–Crippen MR) is 102 cm³/mol. The summed E-state index contributed by atoms with van der Waals surface area (Å²) in [6, 6.07) is 17.9. The SMILES string of the molecule is COc1cc(-c2ccccc2NS(=O)(=O)c2ccccc2)cc(OC)c1F. The molecule has 0 unspecified atom stereocenters. The molecule has 3 rings (SSSR count). The Kier molecular flexibility index (Phi) is 5.32. The first kappa shape index (κ1) is 18.7. The number of anilines is 1. The van der Waals surface area contributed by atoms with Crippen molar-refractivity contribution in [3.05, 3.63) is 72.5 Å². The van der Waals surface area contributed by atoms with Crippen molar-refractivity contribution in [3.8, 4) is 22.6 Å². The van der Waals surface area contributed by atoms with Crippen molar-refractivity contribution in [2.75, 3.05) is 18.9 Å². The van der Waals surface area contributed by atoms with E-state index >= 15 is 0 Å². The smallest absolute Gasteiger partial charge is 0.261 e. The highest BCUT2D eigenvalue weighted by atomic mass is 32.2. The Morgan fingerprint density at radius 3 is 2.00 bits per heavy atom. The minimum absolute atomic E-state index is 0.00469. The van der Waals surface area contributed by atoms with Crippen LogP contribution in [0.2, 0.25) is 0 Å². The molecule has 0 aliphatic rings. The maximum Gasteiger partial charge on any atom is 0.261 e. The van der Waals surface area contributed by atoms with Crippen LogP contribution in [0.1, 0.15) is 0 Å². The van der Waals surface area contributed by atoms with Crippen LogP contribution in [0.15, 0.2) is 71.6 Å². The average Bonchev–Trinajstić information content (AvgIpc) is 2.69. The molecule has 0 aliphatic carbocycles. The van der Waals surface area contributed by atoms with Crippen LogP contribution >= 0.6 is 0 Å². The molecule has 5 nitrogen and oxygen atoms in total. The highest BCUT2D eigenvalue weighted by Crippen LogP contribution is 2.37. The maximum atomic E-state index is 14.2. The summed E-state index contributed by atoms with van der Waals surface area (Å²) in [5, 5.41) is 0. The molecule has 27 heavy (non-hydrogen) atoms. The number of halogens is 1. The van der Waals surface area contributed by atoms with E-state index in [1.54, 1.807) is 42.5 Å². The van der Waals surface area contributed by atoms with E-state index in [1.165, 1.54) is 38.5 Å². The average molecular weight is 387 g/mol. The topological polar surface area (TPSA) is 64.6 Å². The summed E-state index contributed by atoms with van der Waals surface area (Å²) in [5.74, 6) is -0.610. The molecule has 7 heteroatoms. The summed E-state index contributed by atoms with van der Waals surface area (Å²) in [6.45, 7) is 0.